The van der Waals surface area contributed by atoms with E-state index in [1.807, 2.05) is 12.1 Å². The van der Waals surface area contributed by atoms with E-state index in [0.717, 1.165) is 5.52 Å². The van der Waals surface area contributed by atoms with Crippen LogP contribution in [0.2, 0.25) is 0 Å². The molecule has 22 heavy (non-hydrogen) atoms. The molecule has 116 valence electrons. The van der Waals surface area contributed by atoms with E-state index in [1.165, 1.54) is 0 Å². The number of Topliss-reactive ketones (excluding diaryl/α,β-unsaturated/α-hetero) is 1. The molecule has 1 aromatic carbocycles. The molecule has 1 fully saturated rings. The summed E-state index contributed by atoms with van der Waals surface area (Å²) in [5.74, 6) is -1.43. The third-order valence-corrected chi connectivity index (χ3v) is 5.68. The fourth-order valence-corrected chi connectivity index (χ4v) is 4.48. The average Bonchev–Trinajstić information content (AvgIpc) is 2.99. The number of amides is 1. The minimum atomic E-state index is -3.09. The SMILES string of the molecule is Cn1cc(C(=O)C(=O)NC2CCS(=O)(=O)C2)c2ccccc21. The van der Waals surface area contributed by atoms with Crippen LogP contribution in [0.4, 0.5) is 0 Å². The van der Waals surface area contributed by atoms with Crippen molar-refractivity contribution in [1.82, 2.24) is 9.88 Å². The molecule has 0 radical (unpaired) electrons. The lowest BCUT2D eigenvalue weighted by molar-refractivity contribution is -0.117. The zero-order chi connectivity index (χ0) is 15.9. The summed E-state index contributed by atoms with van der Waals surface area (Å²) in [5, 5.41) is 3.24. The van der Waals surface area contributed by atoms with E-state index in [-0.39, 0.29) is 11.5 Å². The predicted molar refractivity (Wildman–Crippen MR) is 82.5 cm³/mol. The minimum Gasteiger partial charge on any atom is -0.350 e. The van der Waals surface area contributed by atoms with Crippen molar-refractivity contribution >= 4 is 32.4 Å². The first kappa shape index (κ1) is 14.8. The molecule has 0 bridgehead atoms. The van der Waals surface area contributed by atoms with Crippen molar-refractivity contribution in [3.05, 3.63) is 36.0 Å². The summed E-state index contributed by atoms with van der Waals surface area (Å²) >= 11 is 0. The number of rotatable bonds is 3. The number of fused-ring (bicyclic) bond motifs is 1. The van der Waals surface area contributed by atoms with Crippen LogP contribution in [-0.2, 0) is 21.7 Å². The van der Waals surface area contributed by atoms with Crippen molar-refractivity contribution in [1.29, 1.82) is 0 Å². The minimum absolute atomic E-state index is 0.0560. The highest BCUT2D eigenvalue weighted by atomic mass is 32.2. The smallest absolute Gasteiger partial charge is 0.292 e. The van der Waals surface area contributed by atoms with E-state index < -0.39 is 27.6 Å². The first-order chi connectivity index (χ1) is 10.4. The Bertz CT molecular complexity index is 867. The van der Waals surface area contributed by atoms with Crippen LogP contribution in [0, 0.1) is 0 Å². The normalized spacial score (nSPS) is 20.1. The van der Waals surface area contributed by atoms with Gasteiger partial charge in [-0.3, -0.25) is 9.59 Å². The zero-order valence-corrected chi connectivity index (χ0v) is 12.9. The molecule has 0 spiro atoms. The number of aryl methyl sites for hydroxylation is 1. The molecular formula is C15H16N2O4S. The molecule has 1 unspecified atom stereocenters. The van der Waals surface area contributed by atoms with E-state index in [0.29, 0.717) is 17.4 Å². The second-order valence-corrected chi connectivity index (χ2v) is 7.80. The van der Waals surface area contributed by atoms with Crippen LogP contribution >= 0.6 is 0 Å². The Kier molecular flexibility index (Phi) is 3.52. The number of nitrogens with one attached hydrogen (secondary N) is 1. The molecule has 1 aliphatic rings. The van der Waals surface area contributed by atoms with E-state index in [9.17, 15) is 18.0 Å². The number of sulfone groups is 1. The lowest BCUT2D eigenvalue weighted by Gasteiger charge is -2.09. The Labute approximate surface area is 128 Å². The van der Waals surface area contributed by atoms with Crippen LogP contribution in [0.1, 0.15) is 16.8 Å². The van der Waals surface area contributed by atoms with Gasteiger partial charge in [0.2, 0.25) is 0 Å². The molecule has 0 aliphatic carbocycles. The number of benzene rings is 1. The molecule has 1 aromatic heterocycles. The van der Waals surface area contributed by atoms with Gasteiger partial charge in [-0.1, -0.05) is 18.2 Å². The first-order valence-electron chi connectivity index (χ1n) is 6.97. The lowest BCUT2D eigenvalue weighted by atomic mass is 10.1. The van der Waals surface area contributed by atoms with Crippen molar-refractivity contribution in [2.45, 2.75) is 12.5 Å². The fourth-order valence-electron chi connectivity index (χ4n) is 2.80. The van der Waals surface area contributed by atoms with Crippen molar-refractivity contribution in [3.8, 4) is 0 Å². The molecule has 6 nitrogen and oxygen atoms in total. The summed E-state index contributed by atoms with van der Waals surface area (Å²) in [5.41, 5.74) is 1.19. The van der Waals surface area contributed by atoms with Crippen LogP contribution in [0.5, 0.6) is 0 Å². The van der Waals surface area contributed by atoms with Gasteiger partial charge in [0.25, 0.3) is 11.7 Å². The summed E-state index contributed by atoms with van der Waals surface area (Å²) < 4.78 is 24.6. The quantitative estimate of drug-likeness (QED) is 0.665. The second-order valence-electron chi connectivity index (χ2n) is 5.57. The number of para-hydroxylation sites is 1. The van der Waals surface area contributed by atoms with Gasteiger partial charge in [-0.2, -0.15) is 0 Å². The first-order valence-corrected chi connectivity index (χ1v) is 8.79. The maximum atomic E-state index is 12.3. The third-order valence-electron chi connectivity index (χ3n) is 3.92. The van der Waals surface area contributed by atoms with Crippen molar-refractivity contribution in [3.63, 3.8) is 0 Å². The van der Waals surface area contributed by atoms with Gasteiger partial charge in [-0.05, 0) is 12.5 Å². The molecular weight excluding hydrogens is 304 g/mol. The highest BCUT2D eigenvalue weighted by molar-refractivity contribution is 7.91. The summed E-state index contributed by atoms with van der Waals surface area (Å²) in [4.78, 5) is 24.4. The third kappa shape index (κ3) is 2.64. The van der Waals surface area contributed by atoms with Crippen LogP contribution in [-0.4, -0.2) is 42.2 Å². The van der Waals surface area contributed by atoms with Gasteiger partial charge < -0.3 is 9.88 Å². The molecule has 0 saturated carbocycles. The molecule has 3 rings (SSSR count). The Hall–Kier alpha value is -2.15. The van der Waals surface area contributed by atoms with Crippen molar-refractivity contribution in [2.75, 3.05) is 11.5 Å². The van der Waals surface area contributed by atoms with E-state index in [2.05, 4.69) is 5.32 Å². The zero-order valence-electron chi connectivity index (χ0n) is 12.1. The fraction of sp³-hybridized carbons (Fsp3) is 0.333. The van der Waals surface area contributed by atoms with Crippen LogP contribution in [0.15, 0.2) is 30.5 Å². The molecule has 1 saturated heterocycles. The van der Waals surface area contributed by atoms with Crippen LogP contribution < -0.4 is 5.32 Å². The predicted octanol–water partition coefficient (Wildman–Crippen LogP) is 0.664. The molecule has 2 aromatic rings. The maximum Gasteiger partial charge on any atom is 0.292 e. The van der Waals surface area contributed by atoms with E-state index >= 15 is 0 Å². The second kappa shape index (κ2) is 5.24. The summed E-state index contributed by atoms with van der Waals surface area (Å²) in [6.45, 7) is 0. The van der Waals surface area contributed by atoms with Crippen LogP contribution in [0.3, 0.4) is 0 Å². The number of aromatic nitrogens is 1. The van der Waals surface area contributed by atoms with E-state index in [1.54, 1.807) is 29.9 Å². The lowest BCUT2D eigenvalue weighted by Crippen LogP contribution is -2.39. The number of ketones is 1. The number of carbonyl (C=O) groups excluding carboxylic acids is 2. The number of hydrogen-bond acceptors (Lipinski definition) is 4. The maximum absolute atomic E-state index is 12.3. The molecule has 1 atom stereocenters. The van der Waals surface area contributed by atoms with Gasteiger partial charge in [-0.25, -0.2) is 8.42 Å². The van der Waals surface area contributed by atoms with Gasteiger partial charge in [0, 0.05) is 30.2 Å². The van der Waals surface area contributed by atoms with Crippen molar-refractivity contribution < 1.29 is 18.0 Å². The Morgan fingerprint density at radius 2 is 2.00 bits per heavy atom. The molecule has 1 amide bonds. The number of hydrogen-bond donors (Lipinski definition) is 1. The summed E-state index contributed by atoms with van der Waals surface area (Å²) in [6.07, 6.45) is 1.98. The van der Waals surface area contributed by atoms with Crippen LogP contribution in [0.25, 0.3) is 10.9 Å². The molecule has 2 heterocycles. The number of carbonyl (C=O) groups is 2. The molecule has 1 N–H and O–H groups in total. The number of nitrogens with zero attached hydrogens (tertiary/aromatic N) is 1. The standard InChI is InChI=1S/C15H16N2O4S/c1-17-8-12(11-4-2-3-5-13(11)17)14(18)15(19)16-10-6-7-22(20,21)9-10/h2-5,8,10H,6-7,9H2,1H3,(H,16,19). The van der Waals surface area contributed by atoms with E-state index in [4.69, 9.17) is 0 Å². The highest BCUT2D eigenvalue weighted by Crippen LogP contribution is 2.21. The Morgan fingerprint density at radius 1 is 1.27 bits per heavy atom. The molecule has 1 aliphatic heterocycles. The topological polar surface area (TPSA) is 85.2 Å². The average molecular weight is 320 g/mol. The highest BCUT2D eigenvalue weighted by Gasteiger charge is 2.31. The van der Waals surface area contributed by atoms with Gasteiger partial charge in [0.15, 0.2) is 9.84 Å². The Balaban J connectivity index is 1.82. The van der Waals surface area contributed by atoms with Gasteiger partial charge in [0.1, 0.15) is 0 Å². The van der Waals surface area contributed by atoms with Gasteiger partial charge >= 0.3 is 0 Å². The summed E-state index contributed by atoms with van der Waals surface area (Å²) in [6, 6.07) is 6.85. The monoisotopic (exact) mass is 320 g/mol. The van der Waals surface area contributed by atoms with Crippen molar-refractivity contribution in [2.24, 2.45) is 7.05 Å². The van der Waals surface area contributed by atoms with Gasteiger partial charge in [0.05, 0.1) is 17.1 Å². The Morgan fingerprint density at radius 3 is 2.68 bits per heavy atom. The van der Waals surface area contributed by atoms with Gasteiger partial charge in [-0.15, -0.1) is 0 Å². The largest absolute Gasteiger partial charge is 0.350 e. The molecule has 7 heteroatoms. The summed E-state index contributed by atoms with van der Waals surface area (Å²) in [7, 11) is -1.29.